The first-order valence-electron chi connectivity index (χ1n) is 10.7. The minimum Gasteiger partial charge on any atom is -0.504 e. The van der Waals surface area contributed by atoms with Gasteiger partial charge >= 0.3 is 5.97 Å². The number of aliphatic hydroxyl groups is 1. The van der Waals surface area contributed by atoms with Gasteiger partial charge in [0, 0.05) is 22.9 Å². The standard InChI is InChI=1S/C23H25NO7/c1-24-9-8-23-12-3-6-16(29-17-7-5-15(26)20(30-17)22(27)28)21(23)31-19-14(25)4-2-11(18(19)23)10-13(12)24/h2-7,12-13,15-17,20-21,25-26H,8-10H2,1H3,(H,27,28)/t12-,13+,15-,16-,17-,20-,21-,23-/m0/s1. The summed E-state index contributed by atoms with van der Waals surface area (Å²) in [5, 5.41) is 29.7. The second-order valence-electron chi connectivity index (χ2n) is 9.18. The van der Waals surface area contributed by atoms with Gasteiger partial charge in [-0.2, -0.15) is 0 Å². The van der Waals surface area contributed by atoms with Crippen LogP contribution < -0.4 is 4.74 Å². The average molecular weight is 427 g/mol. The molecule has 1 aromatic rings. The predicted octanol–water partition coefficient (Wildman–Crippen LogP) is 0.949. The highest BCUT2D eigenvalue weighted by molar-refractivity contribution is 5.73. The van der Waals surface area contributed by atoms with E-state index in [0.29, 0.717) is 11.8 Å². The van der Waals surface area contributed by atoms with Gasteiger partial charge in [0.25, 0.3) is 0 Å². The fourth-order valence-corrected chi connectivity index (χ4v) is 6.35. The Morgan fingerprint density at radius 1 is 1.26 bits per heavy atom. The van der Waals surface area contributed by atoms with E-state index in [1.807, 2.05) is 12.1 Å². The number of phenols is 1. The Morgan fingerprint density at radius 3 is 2.90 bits per heavy atom. The van der Waals surface area contributed by atoms with Crippen LogP contribution in [0.1, 0.15) is 17.5 Å². The normalized spacial score (nSPS) is 42.2. The van der Waals surface area contributed by atoms with E-state index in [9.17, 15) is 20.1 Å². The summed E-state index contributed by atoms with van der Waals surface area (Å²) >= 11 is 0. The number of hydrogen-bond donors (Lipinski definition) is 3. The highest BCUT2D eigenvalue weighted by Gasteiger charge is 2.64. The highest BCUT2D eigenvalue weighted by Crippen LogP contribution is 2.62. The van der Waals surface area contributed by atoms with Gasteiger partial charge in [0.15, 0.2) is 23.9 Å². The number of nitrogens with zero attached hydrogens (tertiary/aromatic N) is 1. The number of carbonyl (C=O) groups is 1. The summed E-state index contributed by atoms with van der Waals surface area (Å²) in [5.74, 6) is -0.317. The maximum Gasteiger partial charge on any atom is 0.336 e. The Labute approximate surface area is 179 Å². The predicted molar refractivity (Wildman–Crippen MR) is 108 cm³/mol. The van der Waals surface area contributed by atoms with E-state index < -0.39 is 30.6 Å². The Balaban J connectivity index is 1.38. The number of piperidine rings is 1. The average Bonchev–Trinajstić information content (AvgIpc) is 3.10. The molecule has 164 valence electrons. The smallest absolute Gasteiger partial charge is 0.336 e. The maximum atomic E-state index is 11.4. The Bertz CT molecular complexity index is 1010. The molecule has 6 rings (SSSR count). The molecule has 0 saturated carbocycles. The van der Waals surface area contributed by atoms with Crippen molar-refractivity contribution in [1.29, 1.82) is 0 Å². The lowest BCUT2D eigenvalue weighted by atomic mass is 9.53. The van der Waals surface area contributed by atoms with Crippen molar-refractivity contribution in [3.05, 3.63) is 47.6 Å². The van der Waals surface area contributed by atoms with Crippen LogP contribution in [-0.2, 0) is 26.1 Å². The zero-order valence-corrected chi connectivity index (χ0v) is 17.0. The molecule has 1 fully saturated rings. The second kappa shape index (κ2) is 6.56. The lowest BCUT2D eigenvalue weighted by molar-refractivity contribution is -0.212. The third-order valence-electron chi connectivity index (χ3n) is 7.72. The SMILES string of the molecule is CN1CC[C@]23c4c5ccc(O)c4O[C@H]2[C@@H](O[C@@H]2C=C[C@H](O)[C@@H](C(=O)O)O2)C=C[C@H]3[C@H]1C5. The summed E-state index contributed by atoms with van der Waals surface area (Å²) < 4.78 is 18.1. The Morgan fingerprint density at radius 2 is 2.10 bits per heavy atom. The zero-order valence-electron chi connectivity index (χ0n) is 17.0. The topological polar surface area (TPSA) is 109 Å². The quantitative estimate of drug-likeness (QED) is 0.612. The van der Waals surface area contributed by atoms with Crippen LogP contribution in [0.25, 0.3) is 0 Å². The van der Waals surface area contributed by atoms with Crippen LogP contribution in [-0.4, -0.2) is 76.5 Å². The molecule has 3 aliphatic heterocycles. The monoisotopic (exact) mass is 427 g/mol. The molecule has 1 aromatic carbocycles. The zero-order chi connectivity index (χ0) is 21.5. The van der Waals surface area contributed by atoms with Crippen LogP contribution in [0, 0.1) is 5.92 Å². The molecule has 1 spiro atoms. The number of likely N-dealkylation sites (tertiary alicyclic amines) is 1. The van der Waals surface area contributed by atoms with E-state index in [-0.39, 0.29) is 23.2 Å². The van der Waals surface area contributed by atoms with Crippen molar-refractivity contribution < 1.29 is 34.3 Å². The number of phenolic OH excluding ortho intramolecular Hbond substituents is 1. The summed E-state index contributed by atoms with van der Waals surface area (Å²) in [6.07, 6.45) is 4.52. The molecule has 1 saturated heterocycles. The van der Waals surface area contributed by atoms with Crippen molar-refractivity contribution in [2.45, 2.75) is 55.0 Å². The van der Waals surface area contributed by atoms with Crippen molar-refractivity contribution in [1.82, 2.24) is 4.90 Å². The first-order chi connectivity index (χ1) is 14.9. The second-order valence-corrected chi connectivity index (χ2v) is 9.18. The molecule has 0 aromatic heterocycles. The Hall–Kier alpha value is -2.39. The molecule has 8 atom stereocenters. The van der Waals surface area contributed by atoms with Crippen molar-refractivity contribution in [3.8, 4) is 11.5 Å². The molecule has 0 radical (unpaired) electrons. The summed E-state index contributed by atoms with van der Waals surface area (Å²) in [4.78, 5) is 13.8. The minimum absolute atomic E-state index is 0.139. The number of aliphatic hydroxyl groups excluding tert-OH is 1. The molecule has 31 heavy (non-hydrogen) atoms. The molecule has 2 bridgehead atoms. The van der Waals surface area contributed by atoms with Crippen molar-refractivity contribution in [3.63, 3.8) is 0 Å². The molecule has 2 aliphatic carbocycles. The van der Waals surface area contributed by atoms with Crippen LogP contribution in [0.5, 0.6) is 11.5 Å². The number of benzene rings is 1. The maximum absolute atomic E-state index is 11.4. The molecule has 5 aliphatic rings. The first-order valence-corrected chi connectivity index (χ1v) is 10.7. The van der Waals surface area contributed by atoms with Crippen molar-refractivity contribution >= 4 is 5.97 Å². The summed E-state index contributed by atoms with van der Waals surface area (Å²) in [5.41, 5.74) is 2.01. The summed E-state index contributed by atoms with van der Waals surface area (Å²) in [6, 6.07) is 4.05. The third-order valence-corrected chi connectivity index (χ3v) is 7.72. The van der Waals surface area contributed by atoms with Gasteiger partial charge in [-0.25, -0.2) is 4.79 Å². The number of carboxylic acid groups (broad SMARTS) is 1. The number of hydrogen-bond acceptors (Lipinski definition) is 7. The molecule has 3 N–H and O–H groups in total. The van der Waals surface area contributed by atoms with E-state index in [2.05, 4.69) is 18.0 Å². The highest BCUT2D eigenvalue weighted by atomic mass is 16.7. The van der Waals surface area contributed by atoms with Crippen molar-refractivity contribution in [2.24, 2.45) is 5.92 Å². The van der Waals surface area contributed by atoms with Gasteiger partial charge in [0.05, 0.1) is 0 Å². The molecule has 3 heterocycles. The third kappa shape index (κ3) is 2.53. The van der Waals surface area contributed by atoms with Crippen LogP contribution in [0.4, 0.5) is 0 Å². The Kier molecular flexibility index (Phi) is 4.08. The number of aliphatic carboxylic acids is 1. The van der Waals surface area contributed by atoms with E-state index in [4.69, 9.17) is 14.2 Å². The van der Waals surface area contributed by atoms with Crippen LogP contribution >= 0.6 is 0 Å². The van der Waals surface area contributed by atoms with Crippen LogP contribution in [0.2, 0.25) is 0 Å². The van der Waals surface area contributed by atoms with Gasteiger partial charge in [-0.1, -0.05) is 24.3 Å². The van der Waals surface area contributed by atoms with Gasteiger partial charge < -0.3 is 34.4 Å². The van der Waals surface area contributed by atoms with E-state index in [1.54, 1.807) is 6.07 Å². The van der Waals surface area contributed by atoms with Gasteiger partial charge in [-0.3, -0.25) is 0 Å². The van der Waals surface area contributed by atoms with Gasteiger partial charge in [0.2, 0.25) is 0 Å². The van der Waals surface area contributed by atoms with Crippen LogP contribution in [0.3, 0.4) is 0 Å². The molecular formula is C23H25NO7. The van der Waals surface area contributed by atoms with Crippen LogP contribution in [0.15, 0.2) is 36.4 Å². The lowest BCUT2D eigenvalue weighted by Gasteiger charge is -2.57. The number of carboxylic acids is 1. The summed E-state index contributed by atoms with van der Waals surface area (Å²) in [7, 11) is 2.16. The van der Waals surface area contributed by atoms with E-state index in [0.717, 1.165) is 24.9 Å². The van der Waals surface area contributed by atoms with Gasteiger partial charge in [-0.05, 0) is 44.1 Å². The fraction of sp³-hybridized carbons (Fsp3) is 0.522. The molecule has 8 heteroatoms. The molecule has 0 amide bonds. The number of likely N-dealkylation sites (N-methyl/N-ethyl adjacent to an activating group) is 1. The molecular weight excluding hydrogens is 402 g/mol. The largest absolute Gasteiger partial charge is 0.504 e. The number of rotatable bonds is 3. The number of aromatic hydroxyl groups is 1. The molecule has 0 unspecified atom stereocenters. The van der Waals surface area contributed by atoms with E-state index >= 15 is 0 Å². The minimum atomic E-state index is -1.38. The lowest BCUT2D eigenvalue weighted by Crippen LogP contribution is -2.65. The fourth-order valence-electron chi connectivity index (χ4n) is 6.35. The number of ether oxygens (including phenoxy) is 3. The van der Waals surface area contributed by atoms with Crippen molar-refractivity contribution in [2.75, 3.05) is 13.6 Å². The van der Waals surface area contributed by atoms with Gasteiger partial charge in [0.1, 0.15) is 18.3 Å². The summed E-state index contributed by atoms with van der Waals surface area (Å²) in [6.45, 7) is 0.920. The van der Waals surface area contributed by atoms with Gasteiger partial charge in [-0.15, -0.1) is 0 Å². The first kappa shape index (κ1) is 19.3. The van der Waals surface area contributed by atoms with E-state index in [1.165, 1.54) is 17.7 Å². The molecule has 8 nitrogen and oxygen atoms in total.